The van der Waals surface area contributed by atoms with Crippen LogP contribution >= 0.6 is 0 Å². The Kier molecular flexibility index (Phi) is 4.91. The molecule has 0 fully saturated rings. The van der Waals surface area contributed by atoms with Crippen LogP contribution in [0.3, 0.4) is 0 Å². The van der Waals surface area contributed by atoms with Crippen LogP contribution in [0.5, 0.6) is 0 Å². The lowest BCUT2D eigenvalue weighted by atomic mass is 10.0. The number of anilines is 1. The second-order valence-electron chi connectivity index (χ2n) is 5.25. The van der Waals surface area contributed by atoms with Crippen LogP contribution in [0.15, 0.2) is 35.1 Å². The van der Waals surface area contributed by atoms with E-state index < -0.39 is 0 Å². The van der Waals surface area contributed by atoms with Crippen LogP contribution in [-0.2, 0) is 7.05 Å². The van der Waals surface area contributed by atoms with Gasteiger partial charge in [0.1, 0.15) is 11.4 Å². The summed E-state index contributed by atoms with van der Waals surface area (Å²) in [6.07, 6.45) is 0.264. The molecule has 118 valence electrons. The normalized spacial score (nSPS) is 10.2. The summed E-state index contributed by atoms with van der Waals surface area (Å²) >= 11 is 0. The summed E-state index contributed by atoms with van der Waals surface area (Å²) in [4.78, 5) is 26.4. The van der Waals surface area contributed by atoms with Crippen LogP contribution in [0.4, 0.5) is 5.69 Å². The zero-order chi connectivity index (χ0) is 17.0. The van der Waals surface area contributed by atoms with Gasteiger partial charge in [-0.25, -0.2) is 4.68 Å². The molecule has 6 nitrogen and oxygen atoms in total. The topological polar surface area (TPSA) is 79.0 Å². The molecule has 2 aromatic rings. The highest BCUT2D eigenvalue weighted by molar-refractivity contribution is 6.04. The first-order valence-corrected chi connectivity index (χ1v) is 7.23. The summed E-state index contributed by atoms with van der Waals surface area (Å²) in [7, 11) is 3.26. The number of nitrogens with zero attached hydrogens (tertiary/aromatic N) is 4. The monoisotopic (exact) mass is 310 g/mol. The van der Waals surface area contributed by atoms with Crippen LogP contribution in [0.1, 0.15) is 23.7 Å². The van der Waals surface area contributed by atoms with Gasteiger partial charge in [-0.2, -0.15) is 10.4 Å². The number of benzene rings is 1. The third-order valence-electron chi connectivity index (χ3n) is 3.56. The number of aryl methyl sites for hydroxylation is 1. The lowest BCUT2D eigenvalue weighted by Crippen LogP contribution is -2.33. The number of rotatable bonds is 5. The highest BCUT2D eigenvalue weighted by atomic mass is 16.1. The molecular formula is C17H18N4O2. The van der Waals surface area contributed by atoms with Gasteiger partial charge in [-0.15, -0.1) is 0 Å². The van der Waals surface area contributed by atoms with Crippen molar-refractivity contribution in [2.75, 3.05) is 18.5 Å². The number of Topliss-reactive ketones (excluding diaryl/α,β-unsaturated/α-hetero) is 1. The molecule has 0 bridgehead atoms. The van der Waals surface area contributed by atoms with Crippen molar-refractivity contribution < 1.29 is 4.79 Å². The van der Waals surface area contributed by atoms with Gasteiger partial charge in [0.15, 0.2) is 5.78 Å². The fourth-order valence-electron chi connectivity index (χ4n) is 2.43. The van der Waals surface area contributed by atoms with Crippen LogP contribution in [0.2, 0.25) is 0 Å². The molecule has 0 amide bonds. The van der Waals surface area contributed by atoms with E-state index in [9.17, 15) is 9.59 Å². The van der Waals surface area contributed by atoms with E-state index in [0.717, 1.165) is 5.56 Å². The summed E-state index contributed by atoms with van der Waals surface area (Å²) in [6, 6.07) is 11.3. The highest BCUT2D eigenvalue weighted by Gasteiger charge is 2.23. The number of aromatic nitrogens is 2. The Labute approximate surface area is 134 Å². The lowest BCUT2D eigenvalue weighted by molar-refractivity contribution is 0.101. The van der Waals surface area contributed by atoms with Gasteiger partial charge >= 0.3 is 0 Å². The number of carbonyl (C=O) groups is 1. The third kappa shape index (κ3) is 3.29. The summed E-state index contributed by atoms with van der Waals surface area (Å²) in [5.74, 6) is -0.229. The molecule has 0 saturated carbocycles. The SMILES string of the molecule is CC(=O)c1c(-c2ccccc2)nn(C)c(=O)c1N(C)CCC#N. The van der Waals surface area contributed by atoms with Gasteiger partial charge in [0.25, 0.3) is 5.56 Å². The molecule has 1 aromatic heterocycles. The quantitative estimate of drug-likeness (QED) is 0.789. The third-order valence-corrected chi connectivity index (χ3v) is 3.56. The number of nitriles is 1. The first kappa shape index (κ1) is 16.4. The highest BCUT2D eigenvalue weighted by Crippen LogP contribution is 2.27. The van der Waals surface area contributed by atoms with Gasteiger partial charge in [-0.1, -0.05) is 30.3 Å². The van der Waals surface area contributed by atoms with E-state index in [1.54, 1.807) is 19.0 Å². The van der Waals surface area contributed by atoms with Gasteiger partial charge in [-0.3, -0.25) is 9.59 Å². The summed E-state index contributed by atoms with van der Waals surface area (Å²) in [5.41, 5.74) is 1.46. The summed E-state index contributed by atoms with van der Waals surface area (Å²) in [6.45, 7) is 1.79. The summed E-state index contributed by atoms with van der Waals surface area (Å²) in [5, 5.41) is 13.0. The Bertz CT molecular complexity index is 819. The fourth-order valence-corrected chi connectivity index (χ4v) is 2.43. The molecule has 0 saturated heterocycles. The molecule has 1 heterocycles. The van der Waals surface area contributed by atoms with E-state index in [2.05, 4.69) is 5.10 Å². The second kappa shape index (κ2) is 6.88. The zero-order valence-corrected chi connectivity index (χ0v) is 13.4. The maximum Gasteiger partial charge on any atom is 0.290 e. The first-order valence-electron chi connectivity index (χ1n) is 7.23. The lowest BCUT2D eigenvalue weighted by Gasteiger charge is -2.22. The van der Waals surface area contributed by atoms with Gasteiger partial charge < -0.3 is 4.90 Å². The minimum atomic E-state index is -0.352. The molecule has 0 atom stereocenters. The maximum absolute atomic E-state index is 12.5. The average Bonchev–Trinajstić information content (AvgIpc) is 2.55. The minimum absolute atomic E-state index is 0.229. The molecule has 0 aliphatic rings. The van der Waals surface area contributed by atoms with Gasteiger partial charge in [-0.05, 0) is 6.92 Å². The van der Waals surface area contributed by atoms with E-state index in [4.69, 9.17) is 5.26 Å². The van der Waals surface area contributed by atoms with Gasteiger partial charge in [0.05, 0.1) is 18.1 Å². The Morgan fingerprint density at radius 2 is 2.00 bits per heavy atom. The van der Waals surface area contributed by atoms with Crippen molar-refractivity contribution in [1.82, 2.24) is 9.78 Å². The van der Waals surface area contributed by atoms with Crippen molar-refractivity contribution >= 4 is 11.5 Å². The molecule has 0 spiro atoms. The van der Waals surface area contributed by atoms with Crippen molar-refractivity contribution in [3.8, 4) is 17.3 Å². The van der Waals surface area contributed by atoms with Crippen LogP contribution < -0.4 is 10.5 Å². The van der Waals surface area contributed by atoms with Crippen molar-refractivity contribution in [3.63, 3.8) is 0 Å². The predicted molar refractivity (Wildman–Crippen MR) is 88.4 cm³/mol. The average molecular weight is 310 g/mol. The number of hydrogen-bond donors (Lipinski definition) is 0. The van der Waals surface area contributed by atoms with E-state index >= 15 is 0 Å². The molecule has 0 N–H and O–H groups in total. The predicted octanol–water partition coefficient (Wildman–Crippen LogP) is 2.00. The van der Waals surface area contributed by atoms with E-state index in [0.29, 0.717) is 17.8 Å². The van der Waals surface area contributed by atoms with Crippen molar-refractivity contribution in [3.05, 3.63) is 46.2 Å². The van der Waals surface area contributed by atoms with Gasteiger partial charge in [0, 0.05) is 26.2 Å². The zero-order valence-electron chi connectivity index (χ0n) is 13.4. The number of hydrogen-bond acceptors (Lipinski definition) is 5. The molecule has 1 aromatic carbocycles. The van der Waals surface area contributed by atoms with Gasteiger partial charge in [0.2, 0.25) is 0 Å². The summed E-state index contributed by atoms with van der Waals surface area (Å²) < 4.78 is 1.23. The molecule has 0 aliphatic heterocycles. The largest absolute Gasteiger partial charge is 0.368 e. The Morgan fingerprint density at radius 1 is 1.35 bits per heavy atom. The smallest absolute Gasteiger partial charge is 0.290 e. The molecule has 0 radical (unpaired) electrons. The molecule has 6 heteroatoms. The Balaban J connectivity index is 2.75. The van der Waals surface area contributed by atoms with Crippen molar-refractivity contribution in [1.29, 1.82) is 5.26 Å². The van der Waals surface area contributed by atoms with Crippen LogP contribution in [0, 0.1) is 11.3 Å². The molecular weight excluding hydrogens is 292 g/mol. The van der Waals surface area contributed by atoms with Crippen LogP contribution in [-0.4, -0.2) is 29.2 Å². The van der Waals surface area contributed by atoms with Crippen molar-refractivity contribution in [2.45, 2.75) is 13.3 Å². The van der Waals surface area contributed by atoms with E-state index in [1.807, 2.05) is 36.4 Å². The number of carbonyl (C=O) groups excluding carboxylic acids is 1. The number of ketones is 1. The maximum atomic E-state index is 12.5. The Hall–Kier alpha value is -2.94. The van der Waals surface area contributed by atoms with Crippen molar-refractivity contribution in [2.24, 2.45) is 7.05 Å². The fraction of sp³-hybridized carbons (Fsp3) is 0.294. The molecule has 0 aliphatic carbocycles. The van der Waals surface area contributed by atoms with E-state index in [1.165, 1.54) is 11.6 Å². The molecule has 2 rings (SSSR count). The Morgan fingerprint density at radius 3 is 2.57 bits per heavy atom. The minimum Gasteiger partial charge on any atom is -0.368 e. The van der Waals surface area contributed by atoms with Crippen LogP contribution in [0.25, 0.3) is 11.3 Å². The molecule has 0 unspecified atom stereocenters. The second-order valence-corrected chi connectivity index (χ2v) is 5.25. The van der Waals surface area contributed by atoms with E-state index in [-0.39, 0.29) is 23.5 Å². The molecule has 23 heavy (non-hydrogen) atoms. The first-order chi connectivity index (χ1) is 11.0. The standard InChI is InChI=1S/C17H18N4O2/c1-12(22)14-15(13-8-5-4-6-9-13)19-21(3)17(23)16(14)20(2)11-7-10-18/h4-6,8-9H,7,11H2,1-3H3.